The first-order valence-electron chi connectivity index (χ1n) is 5.03. The number of nitro groups is 1. The molecule has 5 nitrogen and oxygen atoms in total. The Balaban J connectivity index is 2.65. The van der Waals surface area contributed by atoms with Gasteiger partial charge in [0, 0.05) is 11.1 Å². The molecule has 6 heteroatoms. The van der Waals surface area contributed by atoms with Crippen LogP contribution in [0.25, 0.3) is 11.3 Å². The predicted molar refractivity (Wildman–Crippen MR) is 65.9 cm³/mol. The molecule has 1 aromatic heterocycles. The molecule has 0 radical (unpaired) electrons. The van der Waals surface area contributed by atoms with Crippen molar-refractivity contribution in [2.75, 3.05) is 0 Å². The van der Waals surface area contributed by atoms with Gasteiger partial charge in [0.15, 0.2) is 12.0 Å². The Kier molecular flexibility index (Phi) is 3.16. The number of halogens is 1. The minimum Gasteiger partial charge on any atom is -0.453 e. The van der Waals surface area contributed by atoms with Crippen molar-refractivity contribution in [1.29, 1.82) is 0 Å². The molecule has 1 heterocycles. The van der Waals surface area contributed by atoms with Crippen LogP contribution in [0.4, 0.5) is 5.69 Å². The van der Waals surface area contributed by atoms with E-state index in [-0.39, 0.29) is 22.8 Å². The van der Waals surface area contributed by atoms with Crippen LogP contribution in [-0.4, -0.2) is 11.2 Å². The van der Waals surface area contributed by atoms with E-state index in [9.17, 15) is 14.9 Å². The summed E-state index contributed by atoms with van der Waals surface area (Å²) in [6, 6.07) is 5.78. The van der Waals surface area contributed by atoms with E-state index >= 15 is 0 Å². The summed E-state index contributed by atoms with van der Waals surface area (Å²) in [4.78, 5) is 21.0. The van der Waals surface area contributed by atoms with Crippen molar-refractivity contribution in [3.63, 3.8) is 0 Å². The van der Waals surface area contributed by atoms with E-state index in [1.807, 2.05) is 0 Å². The van der Waals surface area contributed by atoms with Gasteiger partial charge in [-0.3, -0.25) is 14.9 Å². The number of nitro benzene ring substituents is 1. The molecule has 0 amide bonds. The van der Waals surface area contributed by atoms with Crippen LogP contribution in [0.1, 0.15) is 16.1 Å². The molecular formula is C12H8ClNO4. The standard InChI is InChI=1S/C12H8ClNO4/c1-7-4-11(14(16)17)9(5-10(7)13)12-3-2-8(6-15)18-12/h2-6H,1H3. The number of carbonyl (C=O) groups excluding carboxylic acids is 1. The third kappa shape index (κ3) is 2.12. The molecule has 0 N–H and O–H groups in total. The molecule has 0 spiro atoms. The highest BCUT2D eigenvalue weighted by Gasteiger charge is 2.20. The number of rotatable bonds is 3. The SMILES string of the molecule is Cc1cc([N+](=O)[O-])c(-c2ccc(C=O)o2)cc1Cl. The molecule has 0 aliphatic rings. The van der Waals surface area contributed by atoms with Crippen molar-refractivity contribution in [1.82, 2.24) is 0 Å². The fraction of sp³-hybridized carbons (Fsp3) is 0.0833. The first kappa shape index (κ1) is 12.3. The molecule has 0 saturated carbocycles. The average molecular weight is 266 g/mol. The third-order valence-electron chi connectivity index (χ3n) is 2.48. The molecule has 0 aliphatic heterocycles. The molecule has 92 valence electrons. The molecule has 0 saturated heterocycles. The number of aldehydes is 1. The quantitative estimate of drug-likeness (QED) is 0.482. The molecular weight excluding hydrogens is 258 g/mol. The maximum Gasteiger partial charge on any atom is 0.280 e. The van der Waals surface area contributed by atoms with Crippen molar-refractivity contribution in [3.8, 4) is 11.3 Å². The molecule has 0 unspecified atom stereocenters. The Morgan fingerprint density at radius 2 is 2.11 bits per heavy atom. The van der Waals surface area contributed by atoms with Gasteiger partial charge in [-0.25, -0.2) is 0 Å². The molecule has 2 aromatic rings. The molecule has 0 bridgehead atoms. The van der Waals surface area contributed by atoms with Crippen LogP contribution in [-0.2, 0) is 0 Å². The number of aryl methyl sites for hydroxylation is 1. The number of hydrogen-bond donors (Lipinski definition) is 0. The zero-order valence-electron chi connectivity index (χ0n) is 9.34. The molecule has 0 aliphatic carbocycles. The number of benzene rings is 1. The number of hydrogen-bond acceptors (Lipinski definition) is 4. The molecule has 0 atom stereocenters. The lowest BCUT2D eigenvalue weighted by Crippen LogP contribution is -1.93. The summed E-state index contributed by atoms with van der Waals surface area (Å²) in [7, 11) is 0. The van der Waals surface area contributed by atoms with Crippen LogP contribution in [0.5, 0.6) is 0 Å². The lowest BCUT2D eigenvalue weighted by molar-refractivity contribution is -0.384. The Morgan fingerprint density at radius 3 is 2.67 bits per heavy atom. The lowest BCUT2D eigenvalue weighted by Gasteiger charge is -2.03. The molecule has 2 rings (SSSR count). The molecule has 1 aromatic carbocycles. The van der Waals surface area contributed by atoms with Crippen LogP contribution in [0.2, 0.25) is 5.02 Å². The van der Waals surface area contributed by atoms with Crippen LogP contribution in [0.3, 0.4) is 0 Å². The van der Waals surface area contributed by atoms with E-state index in [2.05, 4.69) is 0 Å². The van der Waals surface area contributed by atoms with Crippen LogP contribution >= 0.6 is 11.6 Å². The fourth-order valence-corrected chi connectivity index (χ4v) is 1.74. The first-order valence-corrected chi connectivity index (χ1v) is 5.40. The average Bonchev–Trinajstić information content (AvgIpc) is 2.80. The Labute approximate surface area is 107 Å². The third-order valence-corrected chi connectivity index (χ3v) is 2.89. The van der Waals surface area contributed by atoms with E-state index < -0.39 is 4.92 Å². The van der Waals surface area contributed by atoms with Crippen molar-refractivity contribution in [2.24, 2.45) is 0 Å². The summed E-state index contributed by atoms with van der Waals surface area (Å²) < 4.78 is 5.17. The van der Waals surface area contributed by atoms with E-state index in [0.717, 1.165) is 0 Å². The van der Waals surface area contributed by atoms with E-state index in [0.29, 0.717) is 16.9 Å². The van der Waals surface area contributed by atoms with Crippen LogP contribution in [0, 0.1) is 17.0 Å². The summed E-state index contributed by atoms with van der Waals surface area (Å²) in [5.74, 6) is 0.349. The smallest absolute Gasteiger partial charge is 0.280 e. The molecule has 0 fully saturated rings. The molecule has 18 heavy (non-hydrogen) atoms. The predicted octanol–water partition coefficient (Wildman–Crippen LogP) is 3.63. The van der Waals surface area contributed by atoms with Gasteiger partial charge in [0.25, 0.3) is 5.69 Å². The zero-order chi connectivity index (χ0) is 13.3. The number of carbonyl (C=O) groups is 1. The monoisotopic (exact) mass is 265 g/mol. The van der Waals surface area contributed by atoms with Crippen LogP contribution in [0.15, 0.2) is 28.7 Å². The Hall–Kier alpha value is -2.14. The van der Waals surface area contributed by atoms with Crippen molar-refractivity contribution < 1.29 is 14.1 Å². The maximum atomic E-state index is 11.0. The number of furan rings is 1. The van der Waals surface area contributed by atoms with Gasteiger partial charge < -0.3 is 4.42 Å². The summed E-state index contributed by atoms with van der Waals surface area (Å²) in [5.41, 5.74) is 0.752. The van der Waals surface area contributed by atoms with Gasteiger partial charge in [0.05, 0.1) is 10.5 Å². The van der Waals surface area contributed by atoms with Gasteiger partial charge in [0.1, 0.15) is 5.76 Å². The highest BCUT2D eigenvalue weighted by Crippen LogP contribution is 2.35. The Bertz CT molecular complexity index is 633. The van der Waals surface area contributed by atoms with Gasteiger partial charge in [-0.1, -0.05) is 11.6 Å². The van der Waals surface area contributed by atoms with Crippen LogP contribution < -0.4 is 0 Å². The maximum absolute atomic E-state index is 11.0. The highest BCUT2D eigenvalue weighted by atomic mass is 35.5. The number of nitrogens with zero attached hydrogens (tertiary/aromatic N) is 1. The van der Waals surface area contributed by atoms with Gasteiger partial charge in [0.2, 0.25) is 0 Å². The summed E-state index contributed by atoms with van der Waals surface area (Å²) in [5, 5.41) is 11.4. The second-order valence-electron chi connectivity index (χ2n) is 3.70. The Morgan fingerprint density at radius 1 is 1.39 bits per heavy atom. The second kappa shape index (κ2) is 4.62. The topological polar surface area (TPSA) is 73.3 Å². The highest BCUT2D eigenvalue weighted by molar-refractivity contribution is 6.31. The lowest BCUT2D eigenvalue weighted by atomic mass is 10.1. The summed E-state index contributed by atoms with van der Waals surface area (Å²) >= 11 is 5.95. The van der Waals surface area contributed by atoms with Crippen molar-refractivity contribution >= 4 is 23.6 Å². The first-order chi connectivity index (χ1) is 8.52. The summed E-state index contributed by atoms with van der Waals surface area (Å²) in [6.07, 6.45) is 0.533. The minimum atomic E-state index is -0.512. The van der Waals surface area contributed by atoms with Gasteiger partial charge in [-0.15, -0.1) is 0 Å². The van der Waals surface area contributed by atoms with Crippen molar-refractivity contribution in [3.05, 3.63) is 50.7 Å². The van der Waals surface area contributed by atoms with E-state index in [1.165, 1.54) is 24.3 Å². The van der Waals surface area contributed by atoms with Gasteiger partial charge >= 0.3 is 0 Å². The van der Waals surface area contributed by atoms with E-state index in [1.54, 1.807) is 6.92 Å². The zero-order valence-corrected chi connectivity index (χ0v) is 10.1. The second-order valence-corrected chi connectivity index (χ2v) is 4.10. The minimum absolute atomic E-state index is 0.107. The fourth-order valence-electron chi connectivity index (χ4n) is 1.58. The van der Waals surface area contributed by atoms with Gasteiger partial charge in [-0.05, 0) is 30.7 Å². The largest absolute Gasteiger partial charge is 0.453 e. The normalized spacial score (nSPS) is 10.3. The van der Waals surface area contributed by atoms with Gasteiger partial charge in [-0.2, -0.15) is 0 Å². The van der Waals surface area contributed by atoms with Crippen molar-refractivity contribution in [2.45, 2.75) is 6.92 Å². The summed E-state index contributed by atoms with van der Waals surface area (Å²) in [6.45, 7) is 1.68. The van der Waals surface area contributed by atoms with E-state index in [4.69, 9.17) is 16.0 Å².